The number of hydrogen-bond donors (Lipinski definition) is 2. The van der Waals surface area contributed by atoms with E-state index in [0.29, 0.717) is 47.6 Å². The number of methoxy groups -OCH3 is 2. The van der Waals surface area contributed by atoms with Gasteiger partial charge in [0.15, 0.2) is 17.3 Å². The smallest absolute Gasteiger partial charge is 0.336 e. The number of phenolic OH excluding ortho intramolecular Hbond substituents is 1. The van der Waals surface area contributed by atoms with Crippen molar-refractivity contribution in [1.82, 2.24) is 5.32 Å². The van der Waals surface area contributed by atoms with E-state index >= 15 is 0 Å². The molecule has 2 N–H and O–H groups in total. The van der Waals surface area contributed by atoms with Gasteiger partial charge in [-0.2, -0.15) is 0 Å². The number of nitrogens with one attached hydrogen (secondary N) is 1. The summed E-state index contributed by atoms with van der Waals surface area (Å²) in [7, 11) is 3.15. The molecule has 4 rings (SSSR count). The molecule has 2 aliphatic rings. The molecule has 2 aromatic rings. The highest BCUT2D eigenvalue weighted by Gasteiger charge is 2.41. The molecule has 0 fully saturated rings. The molecule has 2 aromatic carbocycles. The lowest BCUT2D eigenvalue weighted by molar-refractivity contribution is -0.140. The molecule has 8 heteroatoms. The van der Waals surface area contributed by atoms with Gasteiger partial charge < -0.3 is 29.4 Å². The van der Waals surface area contributed by atoms with Gasteiger partial charge in [0.25, 0.3) is 0 Å². The summed E-state index contributed by atoms with van der Waals surface area (Å²) in [4.78, 5) is 27.0. The van der Waals surface area contributed by atoms with Gasteiger partial charge in [-0.05, 0) is 61.6 Å². The molecule has 0 saturated heterocycles. The molecule has 0 unspecified atom stereocenters. The summed E-state index contributed by atoms with van der Waals surface area (Å²) >= 11 is 0. The van der Waals surface area contributed by atoms with Gasteiger partial charge in [-0.25, -0.2) is 4.79 Å². The monoisotopic (exact) mass is 507 g/mol. The fraction of sp³-hybridized carbons (Fsp3) is 0.379. The topological polar surface area (TPSA) is 103 Å². The van der Waals surface area contributed by atoms with Gasteiger partial charge in [0.1, 0.15) is 12.4 Å². The number of aromatic hydroxyl groups is 1. The first-order valence-electron chi connectivity index (χ1n) is 12.4. The fourth-order valence-corrected chi connectivity index (χ4v) is 5.03. The predicted molar refractivity (Wildman–Crippen MR) is 138 cm³/mol. The highest BCUT2D eigenvalue weighted by Crippen LogP contribution is 2.47. The zero-order valence-corrected chi connectivity index (χ0v) is 21.6. The molecular formula is C29H33NO7. The normalized spacial score (nSPS) is 19.3. The Hall–Kier alpha value is -3.78. The van der Waals surface area contributed by atoms with Crippen LogP contribution < -0.4 is 14.8 Å². The number of hydrogen-bond acceptors (Lipinski definition) is 8. The Balaban J connectivity index is 1.76. The molecule has 196 valence electrons. The Labute approximate surface area is 216 Å². The van der Waals surface area contributed by atoms with Crippen molar-refractivity contribution in [3.63, 3.8) is 0 Å². The third-order valence-corrected chi connectivity index (χ3v) is 6.77. The van der Waals surface area contributed by atoms with Crippen LogP contribution in [0.5, 0.6) is 17.2 Å². The summed E-state index contributed by atoms with van der Waals surface area (Å²) in [5, 5.41) is 13.6. The molecule has 0 radical (unpaired) electrons. The van der Waals surface area contributed by atoms with E-state index in [2.05, 4.69) is 5.32 Å². The summed E-state index contributed by atoms with van der Waals surface area (Å²) in [6, 6.07) is 12.7. The minimum Gasteiger partial charge on any atom is -0.504 e. The first-order chi connectivity index (χ1) is 17.9. The van der Waals surface area contributed by atoms with Crippen LogP contribution in [0.25, 0.3) is 0 Å². The van der Waals surface area contributed by atoms with Crippen LogP contribution in [-0.2, 0) is 19.1 Å². The molecule has 37 heavy (non-hydrogen) atoms. The van der Waals surface area contributed by atoms with Gasteiger partial charge >= 0.3 is 5.97 Å². The van der Waals surface area contributed by atoms with Gasteiger partial charge in [-0.3, -0.25) is 4.79 Å². The van der Waals surface area contributed by atoms with Crippen LogP contribution in [0.3, 0.4) is 0 Å². The highest BCUT2D eigenvalue weighted by atomic mass is 16.6. The van der Waals surface area contributed by atoms with Crippen LogP contribution in [0.2, 0.25) is 0 Å². The first kappa shape index (κ1) is 26.3. The molecule has 1 heterocycles. The van der Waals surface area contributed by atoms with Crippen molar-refractivity contribution < 1.29 is 33.6 Å². The number of phenols is 1. The number of benzene rings is 2. The van der Waals surface area contributed by atoms with Crippen LogP contribution in [0.4, 0.5) is 0 Å². The molecule has 0 bridgehead atoms. The minimum absolute atomic E-state index is 0.00630. The average Bonchev–Trinajstić information content (AvgIpc) is 2.89. The SMILES string of the molecule is CCOc1cc([C@H]2C(C(=O)OCCOC)=C(C)NC3=C2C(=O)C[C@H](c2ccc(OC)cc2)C3)ccc1O. The van der Waals surface area contributed by atoms with E-state index in [9.17, 15) is 14.7 Å². The predicted octanol–water partition coefficient (Wildman–Crippen LogP) is 4.35. The third kappa shape index (κ3) is 5.49. The van der Waals surface area contributed by atoms with Crippen molar-refractivity contribution >= 4 is 11.8 Å². The van der Waals surface area contributed by atoms with E-state index in [1.807, 2.05) is 38.1 Å². The van der Waals surface area contributed by atoms with E-state index in [4.69, 9.17) is 18.9 Å². The lowest BCUT2D eigenvalue weighted by Crippen LogP contribution is -2.36. The zero-order valence-electron chi connectivity index (χ0n) is 21.6. The Bertz CT molecular complexity index is 1230. The van der Waals surface area contributed by atoms with Crippen molar-refractivity contribution in [1.29, 1.82) is 0 Å². The van der Waals surface area contributed by atoms with Crippen LogP contribution in [-0.4, -0.2) is 50.9 Å². The van der Waals surface area contributed by atoms with Gasteiger partial charge in [0.2, 0.25) is 0 Å². The molecule has 1 aliphatic heterocycles. The second kappa shape index (κ2) is 11.5. The summed E-state index contributed by atoms with van der Waals surface area (Å²) in [6.45, 7) is 4.36. The van der Waals surface area contributed by atoms with Gasteiger partial charge in [0, 0.05) is 36.4 Å². The number of carbonyl (C=O) groups is 2. The molecule has 8 nitrogen and oxygen atoms in total. The minimum atomic E-state index is -0.657. The van der Waals surface area contributed by atoms with Crippen molar-refractivity contribution in [2.24, 2.45) is 0 Å². The molecule has 0 amide bonds. The van der Waals surface area contributed by atoms with Crippen molar-refractivity contribution in [2.75, 3.05) is 34.0 Å². The van der Waals surface area contributed by atoms with Gasteiger partial charge in [-0.1, -0.05) is 18.2 Å². The quantitative estimate of drug-likeness (QED) is 0.381. The molecule has 0 aromatic heterocycles. The van der Waals surface area contributed by atoms with Crippen LogP contribution in [0.1, 0.15) is 49.7 Å². The van der Waals surface area contributed by atoms with E-state index in [0.717, 1.165) is 17.0 Å². The number of dihydropyridines is 1. The van der Waals surface area contributed by atoms with E-state index in [-0.39, 0.29) is 30.7 Å². The number of carbonyl (C=O) groups excluding carboxylic acids is 2. The second-order valence-electron chi connectivity index (χ2n) is 9.08. The van der Waals surface area contributed by atoms with Gasteiger partial charge in [0.05, 0.1) is 25.9 Å². The van der Waals surface area contributed by atoms with Crippen molar-refractivity contribution in [3.05, 3.63) is 76.1 Å². The molecular weight excluding hydrogens is 474 g/mol. The van der Waals surface area contributed by atoms with E-state index in [1.165, 1.54) is 13.2 Å². The Kier molecular flexibility index (Phi) is 8.18. The number of Topliss-reactive ketones (excluding diaryl/α,β-unsaturated/α-hetero) is 1. The first-order valence-corrected chi connectivity index (χ1v) is 12.4. The number of ether oxygens (including phenoxy) is 4. The van der Waals surface area contributed by atoms with Crippen LogP contribution >= 0.6 is 0 Å². The lowest BCUT2D eigenvalue weighted by Gasteiger charge is -2.36. The molecule has 0 spiro atoms. The summed E-state index contributed by atoms with van der Waals surface area (Å²) in [5.41, 5.74) is 4.04. The maximum atomic E-state index is 13.7. The summed E-state index contributed by atoms with van der Waals surface area (Å²) < 4.78 is 21.4. The number of allylic oxidation sites excluding steroid dienone is 3. The van der Waals surface area contributed by atoms with Crippen LogP contribution in [0.15, 0.2) is 65.0 Å². The van der Waals surface area contributed by atoms with E-state index in [1.54, 1.807) is 19.2 Å². The fourth-order valence-electron chi connectivity index (χ4n) is 5.03. The number of esters is 1. The largest absolute Gasteiger partial charge is 0.504 e. The zero-order chi connectivity index (χ0) is 26.5. The number of rotatable bonds is 9. The maximum absolute atomic E-state index is 13.7. The molecule has 2 atom stereocenters. The van der Waals surface area contributed by atoms with Crippen molar-refractivity contribution in [3.8, 4) is 17.2 Å². The standard InChI is InChI=1S/C29H33NO7/c1-5-36-25-16-19(8-11-23(25)31)27-26(29(33)37-13-12-34-3)17(2)30-22-14-20(15-24(32)28(22)27)18-6-9-21(35-4)10-7-18/h6-11,16,20,27,30-31H,5,12-15H2,1-4H3/t20-,27+/m1/s1. The van der Waals surface area contributed by atoms with E-state index < -0.39 is 11.9 Å². The third-order valence-electron chi connectivity index (χ3n) is 6.77. The summed E-state index contributed by atoms with van der Waals surface area (Å²) in [5.74, 6) is -0.176. The molecule has 0 saturated carbocycles. The Morgan fingerprint density at radius 1 is 1.05 bits per heavy atom. The molecule has 1 aliphatic carbocycles. The maximum Gasteiger partial charge on any atom is 0.336 e. The lowest BCUT2D eigenvalue weighted by atomic mass is 9.71. The van der Waals surface area contributed by atoms with Gasteiger partial charge in [-0.15, -0.1) is 0 Å². The second-order valence-corrected chi connectivity index (χ2v) is 9.08. The number of ketones is 1. The van der Waals surface area contributed by atoms with Crippen LogP contribution in [0, 0.1) is 0 Å². The summed E-state index contributed by atoms with van der Waals surface area (Å²) in [6.07, 6.45) is 0.925. The highest BCUT2D eigenvalue weighted by molar-refractivity contribution is 6.04. The Morgan fingerprint density at radius 3 is 2.46 bits per heavy atom. The van der Waals surface area contributed by atoms with Crippen molar-refractivity contribution in [2.45, 2.75) is 38.5 Å². The average molecular weight is 508 g/mol. The Morgan fingerprint density at radius 2 is 1.78 bits per heavy atom.